The van der Waals surface area contributed by atoms with Crippen molar-refractivity contribution in [1.29, 1.82) is 0 Å². The lowest BCUT2D eigenvalue weighted by atomic mass is 10.1. The number of hydrogen-bond acceptors (Lipinski definition) is 7. The van der Waals surface area contributed by atoms with Gasteiger partial charge in [-0.05, 0) is 43.5 Å². The van der Waals surface area contributed by atoms with Gasteiger partial charge in [-0.3, -0.25) is 0 Å². The largest absolute Gasteiger partial charge is 0.497 e. The number of nitrogens with zero attached hydrogens (tertiary/aromatic N) is 4. The second kappa shape index (κ2) is 9.05. The Bertz CT molecular complexity index is 1310. The highest BCUT2D eigenvalue weighted by atomic mass is 79.9. The summed E-state index contributed by atoms with van der Waals surface area (Å²) in [7, 11) is 4.94. The first-order chi connectivity index (χ1) is 16.1. The number of aromatic nitrogens is 4. The van der Waals surface area contributed by atoms with Gasteiger partial charge < -0.3 is 19.5 Å². The molecule has 33 heavy (non-hydrogen) atoms. The lowest BCUT2D eigenvalue weighted by Crippen LogP contribution is -2.09. The predicted molar refractivity (Wildman–Crippen MR) is 131 cm³/mol. The maximum Gasteiger partial charge on any atom is 0.226 e. The van der Waals surface area contributed by atoms with E-state index in [2.05, 4.69) is 21.2 Å². The number of halogens is 1. The fourth-order valence-electron chi connectivity index (χ4n) is 4.41. The Kier molecular flexibility index (Phi) is 5.97. The zero-order chi connectivity index (χ0) is 22.9. The van der Waals surface area contributed by atoms with Crippen LogP contribution in [0.25, 0.3) is 16.6 Å². The molecule has 4 aromatic rings. The predicted octanol–water partition coefficient (Wildman–Crippen LogP) is 4.95. The number of fused-ring (bicyclic) bond motifs is 3. The molecule has 9 heteroatoms. The molecule has 8 nitrogen and oxygen atoms in total. The van der Waals surface area contributed by atoms with Crippen molar-refractivity contribution < 1.29 is 14.2 Å². The quantitative estimate of drug-likeness (QED) is 0.351. The number of benzene rings is 2. The van der Waals surface area contributed by atoms with Crippen LogP contribution >= 0.6 is 15.9 Å². The molecule has 1 saturated carbocycles. The maximum absolute atomic E-state index is 5.59. The van der Waals surface area contributed by atoms with Crippen LogP contribution in [-0.4, -0.2) is 45.7 Å². The van der Waals surface area contributed by atoms with E-state index >= 15 is 0 Å². The highest BCUT2D eigenvalue weighted by Crippen LogP contribution is 2.38. The molecular formula is C24H26BrN5O3. The maximum atomic E-state index is 5.59. The van der Waals surface area contributed by atoms with Gasteiger partial charge in [0.05, 0.1) is 21.3 Å². The van der Waals surface area contributed by atoms with Crippen LogP contribution in [0.1, 0.15) is 36.6 Å². The van der Waals surface area contributed by atoms with Gasteiger partial charge >= 0.3 is 0 Å². The second-order valence-electron chi connectivity index (χ2n) is 8.14. The van der Waals surface area contributed by atoms with Crippen LogP contribution in [0.5, 0.6) is 17.2 Å². The minimum Gasteiger partial charge on any atom is -0.497 e. The lowest BCUT2D eigenvalue weighted by molar-refractivity contribution is 0.391. The monoisotopic (exact) mass is 511 g/mol. The Labute approximate surface area is 200 Å². The summed E-state index contributed by atoms with van der Waals surface area (Å²) in [5, 5.41) is 9.23. The number of methoxy groups -OCH3 is 3. The molecule has 1 fully saturated rings. The van der Waals surface area contributed by atoms with Crippen molar-refractivity contribution in [2.45, 2.75) is 36.6 Å². The van der Waals surface area contributed by atoms with Gasteiger partial charge in [0.1, 0.15) is 22.8 Å². The average molecular weight is 512 g/mol. The molecule has 2 atom stereocenters. The van der Waals surface area contributed by atoms with E-state index in [0.29, 0.717) is 29.0 Å². The van der Waals surface area contributed by atoms with Crippen molar-refractivity contribution in [3.05, 3.63) is 47.8 Å². The van der Waals surface area contributed by atoms with E-state index in [1.807, 2.05) is 40.9 Å². The topological polar surface area (TPSA) is 82.8 Å². The van der Waals surface area contributed by atoms with Crippen LogP contribution < -0.4 is 19.5 Å². The molecule has 0 aliphatic heterocycles. The molecule has 0 saturated heterocycles. The number of ether oxygens (including phenoxy) is 3. The summed E-state index contributed by atoms with van der Waals surface area (Å²) in [5.74, 6) is 3.99. The third kappa shape index (κ3) is 4.06. The fourth-order valence-corrected chi connectivity index (χ4v) is 5.12. The first-order valence-electron chi connectivity index (χ1n) is 10.9. The number of para-hydroxylation sites is 1. The van der Waals surface area contributed by atoms with Crippen LogP contribution in [0.3, 0.4) is 0 Å². The van der Waals surface area contributed by atoms with Crippen LogP contribution in [0.2, 0.25) is 0 Å². The summed E-state index contributed by atoms with van der Waals surface area (Å²) < 4.78 is 18.3. The normalized spacial score (nSPS) is 18.1. The number of anilines is 1. The molecule has 2 aromatic heterocycles. The van der Waals surface area contributed by atoms with Crippen LogP contribution in [-0.2, 0) is 6.54 Å². The van der Waals surface area contributed by atoms with Crippen molar-refractivity contribution in [2.24, 2.45) is 0 Å². The van der Waals surface area contributed by atoms with E-state index in [4.69, 9.17) is 29.3 Å². The molecule has 0 bridgehead atoms. The van der Waals surface area contributed by atoms with E-state index in [-0.39, 0.29) is 0 Å². The van der Waals surface area contributed by atoms with Gasteiger partial charge in [-0.25, -0.2) is 9.97 Å². The van der Waals surface area contributed by atoms with Crippen LogP contribution in [0.15, 0.2) is 36.4 Å². The van der Waals surface area contributed by atoms with E-state index in [1.165, 1.54) is 0 Å². The molecular weight excluding hydrogens is 486 g/mol. The minimum atomic E-state index is 0.337. The first-order valence-corrected chi connectivity index (χ1v) is 11.8. The number of nitrogens with one attached hydrogen (secondary N) is 1. The Balaban J connectivity index is 1.58. The third-order valence-corrected chi connectivity index (χ3v) is 7.00. The summed E-state index contributed by atoms with van der Waals surface area (Å²) in [6, 6.07) is 11.6. The molecule has 1 aliphatic rings. The number of rotatable bonds is 7. The number of alkyl halides is 1. The zero-order valence-corrected chi connectivity index (χ0v) is 20.4. The minimum absolute atomic E-state index is 0.337. The van der Waals surface area contributed by atoms with E-state index in [9.17, 15) is 0 Å². The third-order valence-electron chi connectivity index (χ3n) is 6.17. The molecule has 0 amide bonds. The van der Waals surface area contributed by atoms with E-state index in [0.717, 1.165) is 58.7 Å². The van der Waals surface area contributed by atoms with Crippen molar-refractivity contribution in [2.75, 3.05) is 26.6 Å². The Morgan fingerprint density at radius 2 is 1.88 bits per heavy atom. The van der Waals surface area contributed by atoms with Gasteiger partial charge in [-0.15, -0.1) is 5.10 Å². The van der Waals surface area contributed by atoms with Crippen LogP contribution in [0, 0.1) is 0 Å². The molecule has 2 heterocycles. The summed E-state index contributed by atoms with van der Waals surface area (Å²) in [6.07, 6.45) is 3.25. The molecule has 1 N–H and O–H groups in total. The summed E-state index contributed by atoms with van der Waals surface area (Å²) >= 11 is 3.74. The summed E-state index contributed by atoms with van der Waals surface area (Å²) in [5.41, 5.74) is 2.50. The Morgan fingerprint density at radius 1 is 1.03 bits per heavy atom. The van der Waals surface area contributed by atoms with Crippen molar-refractivity contribution in [3.63, 3.8) is 0 Å². The standard InChI is InChI=1S/C24H26BrN5O3/c1-31-17-10-8-15(20(12-17)33-3)13-26-24-27-21-18(5-4-6-19(21)32-2)23-28-22(29-30(23)24)14-7-9-16(25)11-14/h4-6,8,10,12,14,16H,7,9,11,13H2,1-3H3,(H,26,27). The van der Waals surface area contributed by atoms with Crippen molar-refractivity contribution in [1.82, 2.24) is 19.6 Å². The molecule has 0 radical (unpaired) electrons. The molecule has 5 rings (SSSR count). The smallest absolute Gasteiger partial charge is 0.226 e. The molecule has 0 spiro atoms. The van der Waals surface area contributed by atoms with Gasteiger partial charge in [0, 0.05) is 34.3 Å². The van der Waals surface area contributed by atoms with E-state index < -0.39 is 0 Å². The lowest BCUT2D eigenvalue weighted by Gasteiger charge is -2.13. The van der Waals surface area contributed by atoms with Crippen molar-refractivity contribution >= 4 is 38.4 Å². The van der Waals surface area contributed by atoms with E-state index in [1.54, 1.807) is 21.3 Å². The number of hydrogen-bond donors (Lipinski definition) is 1. The highest BCUT2D eigenvalue weighted by Gasteiger charge is 2.28. The average Bonchev–Trinajstić information content (AvgIpc) is 3.48. The SMILES string of the molecule is COc1ccc(CNc2nc3c(OC)cccc3c3nc(C4CCC(Br)C4)nn23)c(OC)c1. The zero-order valence-electron chi connectivity index (χ0n) is 18.8. The highest BCUT2D eigenvalue weighted by molar-refractivity contribution is 9.09. The Morgan fingerprint density at radius 3 is 2.61 bits per heavy atom. The van der Waals surface area contributed by atoms with Gasteiger partial charge in [0.2, 0.25) is 5.95 Å². The van der Waals surface area contributed by atoms with Gasteiger partial charge in [-0.1, -0.05) is 22.0 Å². The Hall–Kier alpha value is -3.07. The molecule has 2 aromatic carbocycles. The fraction of sp³-hybridized carbons (Fsp3) is 0.375. The first kappa shape index (κ1) is 21.8. The summed E-state index contributed by atoms with van der Waals surface area (Å²) in [4.78, 5) is 10.4. The van der Waals surface area contributed by atoms with Gasteiger partial charge in [0.25, 0.3) is 0 Å². The molecule has 1 aliphatic carbocycles. The molecule has 172 valence electrons. The second-order valence-corrected chi connectivity index (χ2v) is 9.43. The molecule has 2 unspecified atom stereocenters. The van der Waals surface area contributed by atoms with Gasteiger partial charge in [-0.2, -0.15) is 4.52 Å². The van der Waals surface area contributed by atoms with Gasteiger partial charge in [0.15, 0.2) is 11.5 Å². The summed E-state index contributed by atoms with van der Waals surface area (Å²) in [6.45, 7) is 0.498. The van der Waals surface area contributed by atoms with Crippen molar-refractivity contribution in [3.8, 4) is 17.2 Å². The van der Waals surface area contributed by atoms with Crippen LogP contribution in [0.4, 0.5) is 5.95 Å².